The van der Waals surface area contributed by atoms with E-state index in [1.165, 1.54) is 23.1 Å². The summed E-state index contributed by atoms with van der Waals surface area (Å²) in [6, 6.07) is 15.6. The first kappa shape index (κ1) is 22.1. The molecule has 4 rings (SSSR count). The van der Waals surface area contributed by atoms with Gasteiger partial charge in [-0.25, -0.2) is 4.39 Å². The van der Waals surface area contributed by atoms with Gasteiger partial charge in [0.25, 0.3) is 5.91 Å². The number of amides is 2. The van der Waals surface area contributed by atoms with Crippen LogP contribution in [-0.2, 0) is 9.59 Å². The molecule has 1 atom stereocenters. The van der Waals surface area contributed by atoms with E-state index in [2.05, 4.69) is 5.32 Å². The zero-order valence-corrected chi connectivity index (χ0v) is 18.6. The molecular weight excluding hydrogens is 454 g/mol. The highest BCUT2D eigenvalue weighted by molar-refractivity contribution is 6.35. The lowest BCUT2D eigenvalue weighted by Crippen LogP contribution is -2.41. The number of hydrogen-bond donors (Lipinski definition) is 1. The monoisotopic (exact) mass is 472 g/mol. The van der Waals surface area contributed by atoms with Gasteiger partial charge >= 0.3 is 0 Å². The number of carbonyl (C=O) groups is 2. The molecule has 164 valence electrons. The second-order valence-corrected chi connectivity index (χ2v) is 8.32. The molecule has 8 heteroatoms. The molecule has 0 aliphatic carbocycles. The van der Waals surface area contributed by atoms with Gasteiger partial charge in [-0.15, -0.1) is 0 Å². The van der Waals surface area contributed by atoms with Crippen molar-refractivity contribution in [3.8, 4) is 5.75 Å². The van der Waals surface area contributed by atoms with Gasteiger partial charge in [0.2, 0.25) is 5.91 Å². The molecule has 1 aliphatic rings. The van der Waals surface area contributed by atoms with Crippen LogP contribution in [0, 0.1) is 12.7 Å². The second kappa shape index (κ2) is 9.18. The molecule has 0 saturated carbocycles. The maximum atomic E-state index is 13.6. The maximum Gasteiger partial charge on any atom is 0.261 e. The molecule has 0 spiro atoms. The lowest BCUT2D eigenvalue weighted by molar-refractivity contribution is -0.138. The summed E-state index contributed by atoms with van der Waals surface area (Å²) in [5.74, 6) is -0.842. The minimum atomic E-state index is -0.610. The first-order valence-corrected chi connectivity index (χ1v) is 10.6. The number of nitrogens with one attached hydrogen (secondary N) is 1. The van der Waals surface area contributed by atoms with Gasteiger partial charge in [0.15, 0.2) is 6.61 Å². The average molecular weight is 473 g/mol. The van der Waals surface area contributed by atoms with Crippen molar-refractivity contribution in [1.29, 1.82) is 0 Å². The van der Waals surface area contributed by atoms with Crippen molar-refractivity contribution < 1.29 is 18.7 Å². The van der Waals surface area contributed by atoms with Crippen LogP contribution in [0.4, 0.5) is 10.1 Å². The lowest BCUT2D eigenvalue weighted by atomic mass is 9.94. The summed E-state index contributed by atoms with van der Waals surface area (Å²) in [6.07, 6.45) is 0. The van der Waals surface area contributed by atoms with Gasteiger partial charge < -0.3 is 15.0 Å². The van der Waals surface area contributed by atoms with E-state index < -0.39 is 11.9 Å². The Hall–Kier alpha value is -3.09. The van der Waals surface area contributed by atoms with Crippen LogP contribution < -0.4 is 10.1 Å². The lowest BCUT2D eigenvalue weighted by Gasteiger charge is -2.30. The Balaban J connectivity index is 1.71. The Morgan fingerprint density at radius 1 is 1.12 bits per heavy atom. The standard InChI is InChI=1S/C24H19Cl2FN2O3/c1-14-2-8-20-18(10-14)24(15-3-6-17(27)7-4-15)29(12-22(30)28-20)23(31)13-32-21-9-5-16(25)11-19(21)26/h2-11,24H,12-13H2,1H3,(H,28,30). The van der Waals surface area contributed by atoms with E-state index in [9.17, 15) is 14.0 Å². The summed E-state index contributed by atoms with van der Waals surface area (Å²) in [6.45, 7) is 1.40. The first-order valence-electron chi connectivity index (χ1n) is 9.85. The highest BCUT2D eigenvalue weighted by atomic mass is 35.5. The number of benzene rings is 3. The van der Waals surface area contributed by atoms with Crippen LogP contribution in [0.25, 0.3) is 0 Å². The number of rotatable bonds is 4. The zero-order valence-electron chi connectivity index (χ0n) is 17.1. The molecule has 1 aliphatic heterocycles. The van der Waals surface area contributed by atoms with Gasteiger partial charge in [0.05, 0.1) is 11.1 Å². The highest BCUT2D eigenvalue weighted by Gasteiger charge is 2.33. The molecule has 5 nitrogen and oxygen atoms in total. The molecule has 0 saturated heterocycles. The van der Waals surface area contributed by atoms with Crippen molar-refractivity contribution in [2.75, 3.05) is 18.5 Å². The van der Waals surface area contributed by atoms with Crippen LogP contribution in [0.1, 0.15) is 22.7 Å². The molecule has 0 radical (unpaired) electrons. The summed E-state index contributed by atoms with van der Waals surface area (Å²) in [5.41, 5.74) is 2.98. The number of hydrogen-bond acceptors (Lipinski definition) is 3. The number of carbonyl (C=O) groups excluding carboxylic acids is 2. The van der Waals surface area contributed by atoms with Crippen molar-refractivity contribution in [1.82, 2.24) is 4.90 Å². The molecule has 0 bridgehead atoms. The Morgan fingerprint density at radius 3 is 2.59 bits per heavy atom. The molecule has 1 unspecified atom stereocenters. The van der Waals surface area contributed by atoms with E-state index in [0.717, 1.165) is 11.1 Å². The normalized spacial score (nSPS) is 15.6. The fraction of sp³-hybridized carbons (Fsp3) is 0.167. The minimum absolute atomic E-state index is 0.188. The van der Waals surface area contributed by atoms with E-state index in [1.54, 1.807) is 30.3 Å². The van der Waals surface area contributed by atoms with E-state index in [0.29, 0.717) is 22.0 Å². The predicted octanol–water partition coefficient (Wildman–Crippen LogP) is 5.39. The minimum Gasteiger partial charge on any atom is -0.482 e. The van der Waals surface area contributed by atoms with Crippen molar-refractivity contribution >= 4 is 40.7 Å². The van der Waals surface area contributed by atoms with E-state index >= 15 is 0 Å². The van der Waals surface area contributed by atoms with E-state index in [4.69, 9.17) is 27.9 Å². The van der Waals surface area contributed by atoms with Gasteiger partial charge in [-0.3, -0.25) is 9.59 Å². The largest absolute Gasteiger partial charge is 0.482 e. The number of ether oxygens (including phenoxy) is 1. The van der Waals surface area contributed by atoms with Crippen LogP contribution in [0.3, 0.4) is 0 Å². The molecule has 3 aromatic rings. The highest BCUT2D eigenvalue weighted by Crippen LogP contribution is 2.36. The van der Waals surface area contributed by atoms with Crippen LogP contribution in [0.15, 0.2) is 60.7 Å². The molecule has 3 aromatic carbocycles. The Kier molecular flexibility index (Phi) is 6.35. The van der Waals surface area contributed by atoms with Gasteiger partial charge in [0.1, 0.15) is 18.1 Å². The van der Waals surface area contributed by atoms with Gasteiger partial charge in [-0.05, 0) is 48.9 Å². The fourth-order valence-corrected chi connectivity index (χ4v) is 4.14. The summed E-state index contributed by atoms with van der Waals surface area (Å²) in [7, 11) is 0. The Labute approximate surface area is 194 Å². The number of fused-ring (bicyclic) bond motifs is 1. The average Bonchev–Trinajstić information content (AvgIpc) is 2.89. The third-order valence-electron chi connectivity index (χ3n) is 5.15. The summed E-state index contributed by atoms with van der Waals surface area (Å²) >= 11 is 12.0. The fourth-order valence-electron chi connectivity index (χ4n) is 3.68. The molecule has 2 amide bonds. The third-order valence-corrected chi connectivity index (χ3v) is 5.68. The van der Waals surface area contributed by atoms with Gasteiger partial charge in [0, 0.05) is 16.3 Å². The number of halogens is 3. The van der Waals surface area contributed by atoms with Gasteiger partial charge in [-0.1, -0.05) is 53.0 Å². The Morgan fingerprint density at radius 2 is 1.88 bits per heavy atom. The topological polar surface area (TPSA) is 58.6 Å². The van der Waals surface area contributed by atoms with Crippen LogP contribution >= 0.6 is 23.2 Å². The maximum absolute atomic E-state index is 13.6. The molecule has 0 fully saturated rings. The zero-order chi connectivity index (χ0) is 22.8. The van der Waals surface area contributed by atoms with Gasteiger partial charge in [-0.2, -0.15) is 0 Å². The molecular formula is C24H19Cl2FN2O3. The van der Waals surface area contributed by atoms with Crippen molar-refractivity contribution in [3.05, 3.63) is 93.2 Å². The van der Waals surface area contributed by atoms with E-state index in [-0.39, 0.29) is 29.9 Å². The quantitative estimate of drug-likeness (QED) is 0.553. The number of aryl methyl sites for hydroxylation is 1. The summed E-state index contributed by atoms with van der Waals surface area (Å²) < 4.78 is 19.2. The predicted molar refractivity (Wildman–Crippen MR) is 122 cm³/mol. The van der Waals surface area contributed by atoms with Crippen LogP contribution in [0.2, 0.25) is 10.0 Å². The van der Waals surface area contributed by atoms with E-state index in [1.807, 2.05) is 19.1 Å². The molecule has 32 heavy (non-hydrogen) atoms. The van der Waals surface area contributed by atoms with Crippen LogP contribution in [-0.4, -0.2) is 29.9 Å². The van der Waals surface area contributed by atoms with Crippen LogP contribution in [0.5, 0.6) is 5.75 Å². The second-order valence-electron chi connectivity index (χ2n) is 7.48. The Bertz CT molecular complexity index is 1180. The van der Waals surface area contributed by atoms with Crippen molar-refractivity contribution in [2.45, 2.75) is 13.0 Å². The molecule has 0 aromatic heterocycles. The molecule has 1 heterocycles. The smallest absolute Gasteiger partial charge is 0.261 e. The third kappa shape index (κ3) is 4.71. The SMILES string of the molecule is Cc1ccc2c(c1)C(c1ccc(F)cc1)N(C(=O)COc1ccc(Cl)cc1Cl)CC(=O)N2. The molecule has 1 N–H and O–H groups in total. The van der Waals surface area contributed by atoms with Crippen molar-refractivity contribution in [3.63, 3.8) is 0 Å². The summed E-state index contributed by atoms with van der Waals surface area (Å²) in [5, 5.41) is 3.57. The number of anilines is 1. The first-order chi connectivity index (χ1) is 15.3. The summed E-state index contributed by atoms with van der Waals surface area (Å²) in [4.78, 5) is 27.3. The number of nitrogens with zero attached hydrogens (tertiary/aromatic N) is 1. The van der Waals surface area contributed by atoms with Crippen molar-refractivity contribution in [2.24, 2.45) is 0 Å².